The van der Waals surface area contributed by atoms with Gasteiger partial charge in [-0.2, -0.15) is 0 Å². The molecule has 1 heterocycles. The number of halogens is 1. The molecule has 5 nitrogen and oxygen atoms in total. The number of aliphatic hydroxyl groups is 1. The third kappa shape index (κ3) is 3.42. The number of nitrogens with zero attached hydrogens (tertiary/aromatic N) is 1. The van der Waals surface area contributed by atoms with Crippen LogP contribution in [0.2, 0.25) is 5.02 Å². The molecule has 0 radical (unpaired) electrons. The Morgan fingerprint density at radius 1 is 1.60 bits per heavy atom. The highest BCUT2D eigenvalue weighted by molar-refractivity contribution is 6.34. The number of likely N-dealkylation sites (tertiary alicyclic amines) is 1. The van der Waals surface area contributed by atoms with Gasteiger partial charge < -0.3 is 16.2 Å². The molecule has 2 rings (SSSR count). The number of aliphatic hydroxyl groups excluding tert-OH is 1. The van der Waals surface area contributed by atoms with E-state index < -0.39 is 0 Å². The monoisotopic (exact) mass is 297 g/mol. The zero-order valence-corrected chi connectivity index (χ0v) is 12.2. The van der Waals surface area contributed by atoms with Crippen LogP contribution in [0.4, 0.5) is 11.4 Å². The van der Waals surface area contributed by atoms with Crippen LogP contribution in [0.15, 0.2) is 18.2 Å². The van der Waals surface area contributed by atoms with E-state index in [-0.39, 0.29) is 25.1 Å². The Morgan fingerprint density at radius 2 is 2.35 bits per heavy atom. The van der Waals surface area contributed by atoms with E-state index in [1.807, 2.05) is 4.90 Å². The third-order valence-corrected chi connectivity index (χ3v) is 4.11. The largest absolute Gasteiger partial charge is 0.399 e. The van der Waals surface area contributed by atoms with Crippen molar-refractivity contribution in [1.29, 1.82) is 0 Å². The summed E-state index contributed by atoms with van der Waals surface area (Å²) < 4.78 is 0. The summed E-state index contributed by atoms with van der Waals surface area (Å²) in [5.74, 6) is 0.275. The van der Waals surface area contributed by atoms with Gasteiger partial charge in [-0.15, -0.1) is 0 Å². The number of rotatable bonds is 4. The Bertz CT molecular complexity index is 495. The summed E-state index contributed by atoms with van der Waals surface area (Å²) in [5.41, 5.74) is 6.72. The maximum atomic E-state index is 12.0. The van der Waals surface area contributed by atoms with Crippen molar-refractivity contribution >= 4 is 28.9 Å². The Kier molecular flexibility index (Phi) is 4.86. The first-order chi connectivity index (χ1) is 9.51. The second kappa shape index (κ2) is 6.43. The van der Waals surface area contributed by atoms with Gasteiger partial charge in [0.1, 0.15) is 0 Å². The summed E-state index contributed by atoms with van der Waals surface area (Å²) in [6.07, 6.45) is 1.00. The van der Waals surface area contributed by atoms with Crippen LogP contribution in [0.25, 0.3) is 0 Å². The lowest BCUT2D eigenvalue weighted by Gasteiger charge is -2.24. The van der Waals surface area contributed by atoms with Gasteiger partial charge in [-0.25, -0.2) is 0 Å². The van der Waals surface area contributed by atoms with Crippen molar-refractivity contribution in [2.24, 2.45) is 5.92 Å². The minimum Gasteiger partial charge on any atom is -0.399 e. The predicted octanol–water partition coefficient (Wildman–Crippen LogP) is 1.56. The lowest BCUT2D eigenvalue weighted by molar-refractivity contribution is -0.117. The molecule has 110 valence electrons. The summed E-state index contributed by atoms with van der Waals surface area (Å²) in [5, 5.41) is 12.6. The minimum atomic E-state index is -0.135. The second-order valence-corrected chi connectivity index (χ2v) is 5.68. The number of nitrogen functional groups attached to an aromatic ring is 1. The van der Waals surface area contributed by atoms with Crippen molar-refractivity contribution in [2.75, 3.05) is 30.7 Å². The number of carbonyl (C=O) groups is 1. The molecule has 0 aliphatic carbocycles. The van der Waals surface area contributed by atoms with Gasteiger partial charge in [-0.1, -0.05) is 18.5 Å². The molecule has 1 aromatic rings. The summed E-state index contributed by atoms with van der Waals surface area (Å²) in [7, 11) is 0. The molecule has 0 bridgehead atoms. The number of hydrogen-bond donors (Lipinski definition) is 3. The summed E-state index contributed by atoms with van der Waals surface area (Å²) >= 11 is 6.02. The molecule has 1 aromatic carbocycles. The molecule has 1 aliphatic rings. The van der Waals surface area contributed by atoms with Crippen LogP contribution in [0.3, 0.4) is 0 Å². The quantitative estimate of drug-likeness (QED) is 0.737. The van der Waals surface area contributed by atoms with E-state index in [0.717, 1.165) is 13.0 Å². The number of benzene rings is 1. The van der Waals surface area contributed by atoms with E-state index in [4.69, 9.17) is 17.3 Å². The van der Waals surface area contributed by atoms with Crippen molar-refractivity contribution in [3.8, 4) is 0 Å². The standard InChI is InChI=1S/C14H20ClN3O2/c1-9-4-5-18(13(9)8-19)7-14(20)17-12-3-2-10(16)6-11(12)15/h2-3,6,9,13,19H,4-5,7-8,16H2,1H3,(H,17,20). The number of hydrogen-bond acceptors (Lipinski definition) is 4. The molecule has 0 saturated carbocycles. The highest BCUT2D eigenvalue weighted by Gasteiger charge is 2.31. The SMILES string of the molecule is CC1CCN(CC(=O)Nc2ccc(N)cc2Cl)C1CO. The van der Waals surface area contributed by atoms with Crippen molar-refractivity contribution in [3.05, 3.63) is 23.2 Å². The first kappa shape index (κ1) is 15.1. The van der Waals surface area contributed by atoms with E-state index in [9.17, 15) is 9.90 Å². The Labute approximate surface area is 123 Å². The first-order valence-corrected chi connectivity index (χ1v) is 7.09. The Morgan fingerprint density at radius 3 is 3.00 bits per heavy atom. The minimum absolute atomic E-state index is 0.0580. The molecule has 0 spiro atoms. The molecular formula is C14H20ClN3O2. The zero-order valence-electron chi connectivity index (χ0n) is 11.5. The van der Waals surface area contributed by atoms with Gasteiger partial charge in [0, 0.05) is 11.7 Å². The van der Waals surface area contributed by atoms with Crippen LogP contribution < -0.4 is 11.1 Å². The molecule has 2 atom stereocenters. The van der Waals surface area contributed by atoms with Crippen molar-refractivity contribution in [3.63, 3.8) is 0 Å². The van der Waals surface area contributed by atoms with Gasteiger partial charge >= 0.3 is 0 Å². The van der Waals surface area contributed by atoms with Gasteiger partial charge in [0.05, 0.1) is 23.9 Å². The molecule has 20 heavy (non-hydrogen) atoms. The number of nitrogens with two attached hydrogens (primary N) is 1. The lowest BCUT2D eigenvalue weighted by atomic mass is 10.0. The van der Waals surface area contributed by atoms with Crippen LogP contribution in [-0.4, -0.2) is 41.7 Å². The molecule has 0 aromatic heterocycles. The average molecular weight is 298 g/mol. The van der Waals surface area contributed by atoms with E-state index in [0.29, 0.717) is 22.3 Å². The molecule has 1 saturated heterocycles. The zero-order chi connectivity index (χ0) is 14.7. The van der Waals surface area contributed by atoms with E-state index in [2.05, 4.69) is 12.2 Å². The molecule has 1 fully saturated rings. The Hall–Kier alpha value is -1.30. The highest BCUT2D eigenvalue weighted by Crippen LogP contribution is 2.25. The Balaban J connectivity index is 1.95. The molecular weight excluding hydrogens is 278 g/mol. The van der Waals surface area contributed by atoms with E-state index >= 15 is 0 Å². The van der Waals surface area contributed by atoms with Crippen LogP contribution in [-0.2, 0) is 4.79 Å². The lowest BCUT2D eigenvalue weighted by Crippen LogP contribution is -2.40. The fraction of sp³-hybridized carbons (Fsp3) is 0.500. The van der Waals surface area contributed by atoms with Crippen LogP contribution >= 0.6 is 11.6 Å². The fourth-order valence-corrected chi connectivity index (χ4v) is 2.82. The number of amides is 1. The molecule has 1 amide bonds. The third-order valence-electron chi connectivity index (χ3n) is 3.80. The van der Waals surface area contributed by atoms with Crippen molar-refractivity contribution in [1.82, 2.24) is 4.90 Å². The van der Waals surface area contributed by atoms with Crippen LogP contribution in [0, 0.1) is 5.92 Å². The number of anilines is 2. The maximum absolute atomic E-state index is 12.0. The molecule has 2 unspecified atom stereocenters. The second-order valence-electron chi connectivity index (χ2n) is 5.27. The fourth-order valence-electron chi connectivity index (χ4n) is 2.59. The summed E-state index contributed by atoms with van der Waals surface area (Å²) in [4.78, 5) is 14.1. The van der Waals surface area contributed by atoms with E-state index in [1.54, 1.807) is 18.2 Å². The van der Waals surface area contributed by atoms with Gasteiger partial charge in [0.15, 0.2) is 0 Å². The molecule has 4 N–H and O–H groups in total. The first-order valence-electron chi connectivity index (χ1n) is 6.71. The topological polar surface area (TPSA) is 78.6 Å². The average Bonchev–Trinajstić information content (AvgIpc) is 2.73. The molecule has 1 aliphatic heterocycles. The maximum Gasteiger partial charge on any atom is 0.238 e. The molecule has 6 heteroatoms. The predicted molar refractivity (Wildman–Crippen MR) is 80.7 cm³/mol. The number of nitrogens with one attached hydrogen (secondary N) is 1. The van der Waals surface area contributed by atoms with Gasteiger partial charge in [-0.3, -0.25) is 9.69 Å². The summed E-state index contributed by atoms with van der Waals surface area (Å²) in [6, 6.07) is 5.04. The van der Waals surface area contributed by atoms with Gasteiger partial charge in [0.2, 0.25) is 5.91 Å². The van der Waals surface area contributed by atoms with Crippen molar-refractivity contribution < 1.29 is 9.90 Å². The van der Waals surface area contributed by atoms with E-state index in [1.165, 1.54) is 0 Å². The highest BCUT2D eigenvalue weighted by atomic mass is 35.5. The smallest absolute Gasteiger partial charge is 0.238 e. The normalized spacial score (nSPS) is 22.9. The van der Waals surface area contributed by atoms with Gasteiger partial charge in [-0.05, 0) is 37.1 Å². The summed E-state index contributed by atoms with van der Waals surface area (Å²) in [6.45, 7) is 3.26. The van der Waals surface area contributed by atoms with Crippen LogP contribution in [0.5, 0.6) is 0 Å². The van der Waals surface area contributed by atoms with Crippen LogP contribution in [0.1, 0.15) is 13.3 Å². The number of carbonyl (C=O) groups excluding carboxylic acids is 1. The van der Waals surface area contributed by atoms with Gasteiger partial charge in [0.25, 0.3) is 0 Å². The van der Waals surface area contributed by atoms with Crippen molar-refractivity contribution in [2.45, 2.75) is 19.4 Å².